The van der Waals surface area contributed by atoms with E-state index in [0.717, 1.165) is 18.5 Å². The van der Waals surface area contributed by atoms with Gasteiger partial charge >= 0.3 is 0 Å². The van der Waals surface area contributed by atoms with Crippen molar-refractivity contribution in [2.75, 3.05) is 19.8 Å². The molecule has 1 fully saturated rings. The van der Waals surface area contributed by atoms with Gasteiger partial charge in [0.15, 0.2) is 0 Å². The van der Waals surface area contributed by atoms with Crippen molar-refractivity contribution in [1.29, 1.82) is 0 Å². The highest BCUT2D eigenvalue weighted by Gasteiger charge is 2.29. The number of carbonyl (C=O) groups excluding carboxylic acids is 1. The number of rotatable bonds is 3. The summed E-state index contributed by atoms with van der Waals surface area (Å²) < 4.78 is 9.17. The molecule has 20 heavy (non-hydrogen) atoms. The van der Waals surface area contributed by atoms with Gasteiger partial charge in [0, 0.05) is 26.0 Å². The van der Waals surface area contributed by atoms with Crippen molar-refractivity contribution >= 4 is 11.6 Å². The van der Waals surface area contributed by atoms with E-state index in [2.05, 4.69) is 12.0 Å². The van der Waals surface area contributed by atoms with Crippen LogP contribution in [0.15, 0.2) is 18.6 Å². The van der Waals surface area contributed by atoms with E-state index in [1.807, 2.05) is 28.9 Å². The Morgan fingerprint density at radius 2 is 2.35 bits per heavy atom. The molecule has 6 nitrogen and oxygen atoms in total. The summed E-state index contributed by atoms with van der Waals surface area (Å²) in [6.07, 6.45) is 7.45. The zero-order valence-corrected chi connectivity index (χ0v) is 12.0. The van der Waals surface area contributed by atoms with Crippen LogP contribution in [0.5, 0.6) is 0 Å². The number of ether oxygens (including phenoxy) is 1. The number of hydrogen-bond donors (Lipinski definition) is 0. The minimum Gasteiger partial charge on any atom is -0.377 e. The first-order valence-corrected chi connectivity index (χ1v) is 7.09. The first-order chi connectivity index (χ1) is 9.72. The van der Waals surface area contributed by atoms with Gasteiger partial charge in [0.05, 0.1) is 25.5 Å². The predicted molar refractivity (Wildman–Crippen MR) is 74.7 cm³/mol. The number of carbonyl (C=O) groups is 1. The van der Waals surface area contributed by atoms with Crippen LogP contribution >= 0.6 is 0 Å². The Morgan fingerprint density at radius 1 is 1.50 bits per heavy atom. The minimum absolute atomic E-state index is 0.0588. The molecule has 0 N–H and O–H groups in total. The van der Waals surface area contributed by atoms with Crippen molar-refractivity contribution in [3.05, 3.63) is 24.2 Å². The fourth-order valence-electron chi connectivity index (χ4n) is 2.85. The lowest BCUT2D eigenvalue weighted by atomic mass is 10.1. The number of aromatic nitrogens is 3. The Labute approximate surface area is 117 Å². The number of hydrogen-bond acceptors (Lipinski definition) is 3. The molecule has 0 spiro atoms. The molecule has 1 aliphatic heterocycles. The number of imidazole rings is 1. The Bertz CT molecular complexity index is 614. The molecule has 2 aromatic rings. The first kappa shape index (κ1) is 13.2. The van der Waals surface area contributed by atoms with Gasteiger partial charge in [0.1, 0.15) is 11.2 Å². The molecule has 0 aromatic carbocycles. The van der Waals surface area contributed by atoms with Crippen LogP contribution in [0.1, 0.15) is 30.1 Å². The van der Waals surface area contributed by atoms with Gasteiger partial charge in [-0.2, -0.15) is 5.10 Å². The number of aryl methyl sites for hydroxylation is 1. The molecule has 1 unspecified atom stereocenters. The second-order valence-corrected chi connectivity index (χ2v) is 5.25. The normalized spacial score (nSPS) is 19.7. The Kier molecular flexibility index (Phi) is 3.48. The van der Waals surface area contributed by atoms with E-state index in [4.69, 9.17) is 4.74 Å². The summed E-state index contributed by atoms with van der Waals surface area (Å²) >= 11 is 0. The monoisotopic (exact) mass is 276 g/mol. The first-order valence-electron chi connectivity index (χ1n) is 7.09. The van der Waals surface area contributed by atoms with Crippen molar-refractivity contribution in [2.45, 2.75) is 25.8 Å². The second kappa shape index (κ2) is 5.28. The summed E-state index contributed by atoms with van der Waals surface area (Å²) in [5.74, 6) is 0.0588. The minimum atomic E-state index is 0.0588. The fraction of sp³-hybridized carbons (Fsp3) is 0.571. The molecular weight excluding hydrogens is 256 g/mol. The number of morpholine rings is 1. The van der Waals surface area contributed by atoms with Crippen LogP contribution in [-0.2, 0) is 11.8 Å². The summed E-state index contributed by atoms with van der Waals surface area (Å²) in [4.78, 5) is 14.8. The van der Waals surface area contributed by atoms with Crippen molar-refractivity contribution in [3.63, 3.8) is 0 Å². The van der Waals surface area contributed by atoms with Gasteiger partial charge in [-0.05, 0) is 6.42 Å². The highest BCUT2D eigenvalue weighted by atomic mass is 16.5. The third-order valence-corrected chi connectivity index (χ3v) is 3.88. The van der Waals surface area contributed by atoms with E-state index in [1.54, 1.807) is 10.7 Å². The zero-order valence-electron chi connectivity index (χ0n) is 12.0. The summed E-state index contributed by atoms with van der Waals surface area (Å²) in [6.45, 7) is 4.04. The topological polar surface area (TPSA) is 51.8 Å². The highest BCUT2D eigenvalue weighted by molar-refractivity contribution is 6.00. The quantitative estimate of drug-likeness (QED) is 0.849. The van der Waals surface area contributed by atoms with Crippen LogP contribution in [0.4, 0.5) is 0 Å². The van der Waals surface area contributed by atoms with Crippen LogP contribution in [-0.4, -0.2) is 50.8 Å². The summed E-state index contributed by atoms with van der Waals surface area (Å²) in [6, 6.07) is 0.177. The maximum Gasteiger partial charge on any atom is 0.259 e. The molecule has 3 rings (SSSR count). The van der Waals surface area contributed by atoms with Crippen molar-refractivity contribution in [3.8, 4) is 0 Å². The average Bonchev–Trinajstić information content (AvgIpc) is 3.03. The van der Waals surface area contributed by atoms with Crippen molar-refractivity contribution in [2.24, 2.45) is 7.05 Å². The van der Waals surface area contributed by atoms with E-state index in [0.29, 0.717) is 25.3 Å². The van der Waals surface area contributed by atoms with Crippen molar-refractivity contribution in [1.82, 2.24) is 19.1 Å². The lowest BCUT2D eigenvalue weighted by molar-refractivity contribution is -0.00425. The van der Waals surface area contributed by atoms with Crippen LogP contribution in [0.25, 0.3) is 5.65 Å². The molecule has 3 heterocycles. The van der Waals surface area contributed by atoms with E-state index >= 15 is 0 Å². The second-order valence-electron chi connectivity index (χ2n) is 5.25. The molecule has 108 valence electrons. The zero-order chi connectivity index (χ0) is 14.1. The van der Waals surface area contributed by atoms with Gasteiger partial charge in [-0.25, -0.2) is 4.52 Å². The summed E-state index contributed by atoms with van der Waals surface area (Å²) in [5, 5.41) is 4.24. The fourth-order valence-corrected chi connectivity index (χ4v) is 2.85. The Hall–Kier alpha value is -1.82. The predicted octanol–water partition coefficient (Wildman–Crippen LogP) is 1.31. The Morgan fingerprint density at radius 3 is 3.15 bits per heavy atom. The van der Waals surface area contributed by atoms with E-state index in [9.17, 15) is 4.79 Å². The molecule has 1 amide bonds. The molecule has 1 saturated heterocycles. The largest absolute Gasteiger partial charge is 0.377 e. The molecule has 0 saturated carbocycles. The van der Waals surface area contributed by atoms with Crippen molar-refractivity contribution < 1.29 is 9.53 Å². The SMILES string of the molecule is CCCC1COCCN1C(=O)c1cnn2ccn(C)c12. The molecule has 2 aromatic heterocycles. The lowest BCUT2D eigenvalue weighted by Crippen LogP contribution is -2.48. The maximum absolute atomic E-state index is 12.8. The number of amides is 1. The third kappa shape index (κ3) is 2.10. The summed E-state index contributed by atoms with van der Waals surface area (Å²) in [5.41, 5.74) is 1.51. The molecule has 0 aliphatic carbocycles. The molecule has 0 bridgehead atoms. The molecule has 1 atom stereocenters. The van der Waals surface area contributed by atoms with Gasteiger partial charge in [-0.1, -0.05) is 13.3 Å². The Balaban J connectivity index is 1.92. The standard InChI is InChI=1S/C14H20N4O2/c1-3-4-11-10-20-8-7-17(11)14(19)12-9-15-18-6-5-16(2)13(12)18/h5-6,9,11H,3-4,7-8,10H2,1-2H3. The smallest absolute Gasteiger partial charge is 0.259 e. The van der Waals surface area contributed by atoms with Gasteiger partial charge in [-0.3, -0.25) is 4.79 Å². The van der Waals surface area contributed by atoms with E-state index in [-0.39, 0.29) is 11.9 Å². The van der Waals surface area contributed by atoms with Gasteiger partial charge in [0.2, 0.25) is 0 Å². The summed E-state index contributed by atoms with van der Waals surface area (Å²) in [7, 11) is 1.93. The number of fused-ring (bicyclic) bond motifs is 1. The third-order valence-electron chi connectivity index (χ3n) is 3.88. The van der Waals surface area contributed by atoms with Crippen LogP contribution < -0.4 is 0 Å². The maximum atomic E-state index is 12.8. The van der Waals surface area contributed by atoms with E-state index in [1.165, 1.54) is 0 Å². The molecule has 0 radical (unpaired) electrons. The van der Waals surface area contributed by atoms with Crippen LogP contribution in [0.2, 0.25) is 0 Å². The highest BCUT2D eigenvalue weighted by Crippen LogP contribution is 2.19. The van der Waals surface area contributed by atoms with Crippen LogP contribution in [0.3, 0.4) is 0 Å². The average molecular weight is 276 g/mol. The lowest BCUT2D eigenvalue weighted by Gasteiger charge is -2.35. The molecular formula is C14H20N4O2. The van der Waals surface area contributed by atoms with Gasteiger partial charge in [-0.15, -0.1) is 0 Å². The molecule has 1 aliphatic rings. The van der Waals surface area contributed by atoms with Gasteiger partial charge in [0.25, 0.3) is 5.91 Å². The van der Waals surface area contributed by atoms with Gasteiger partial charge < -0.3 is 14.2 Å². The van der Waals surface area contributed by atoms with Crippen LogP contribution in [0, 0.1) is 0 Å². The van der Waals surface area contributed by atoms with E-state index < -0.39 is 0 Å². The molecule has 6 heteroatoms. The number of nitrogens with zero attached hydrogens (tertiary/aromatic N) is 4.